The van der Waals surface area contributed by atoms with Crippen molar-refractivity contribution < 1.29 is 4.79 Å². The molecule has 0 atom stereocenters. The molecule has 0 radical (unpaired) electrons. The second-order valence-corrected chi connectivity index (χ2v) is 6.72. The summed E-state index contributed by atoms with van der Waals surface area (Å²) in [6.07, 6.45) is 1.62. The Bertz CT molecular complexity index is 830. The first-order chi connectivity index (χ1) is 11.8. The summed E-state index contributed by atoms with van der Waals surface area (Å²) < 4.78 is 0. The third-order valence-electron chi connectivity index (χ3n) is 4.19. The van der Waals surface area contributed by atoms with Crippen LogP contribution in [0.3, 0.4) is 0 Å². The molecule has 128 valence electrons. The van der Waals surface area contributed by atoms with Crippen LogP contribution in [-0.4, -0.2) is 5.91 Å². The van der Waals surface area contributed by atoms with Gasteiger partial charge in [0.25, 0.3) is 5.91 Å². The molecule has 0 aliphatic carbocycles. The van der Waals surface area contributed by atoms with Crippen LogP contribution < -0.4 is 5.32 Å². The van der Waals surface area contributed by atoms with Crippen LogP contribution in [0.25, 0.3) is 6.08 Å². The Morgan fingerprint density at radius 1 is 1.08 bits per heavy atom. The topological polar surface area (TPSA) is 52.9 Å². The molecule has 2 aromatic rings. The van der Waals surface area contributed by atoms with Crippen molar-refractivity contribution in [3.63, 3.8) is 0 Å². The molecule has 0 aliphatic heterocycles. The maximum absolute atomic E-state index is 12.5. The van der Waals surface area contributed by atoms with Gasteiger partial charge in [-0.15, -0.1) is 0 Å². The zero-order valence-electron chi connectivity index (χ0n) is 15.5. The monoisotopic (exact) mass is 332 g/mol. The second-order valence-electron chi connectivity index (χ2n) is 6.72. The van der Waals surface area contributed by atoms with E-state index in [1.54, 1.807) is 6.08 Å². The number of rotatable bonds is 4. The Kier molecular flexibility index (Phi) is 5.77. The van der Waals surface area contributed by atoms with Gasteiger partial charge in [0, 0.05) is 5.69 Å². The fraction of sp³-hybridized carbons (Fsp3) is 0.273. The third kappa shape index (κ3) is 4.58. The van der Waals surface area contributed by atoms with E-state index in [4.69, 9.17) is 0 Å². The average Bonchev–Trinajstić information content (AvgIpc) is 2.56. The molecule has 3 heteroatoms. The van der Waals surface area contributed by atoms with E-state index >= 15 is 0 Å². The minimum Gasteiger partial charge on any atom is -0.321 e. The lowest BCUT2D eigenvalue weighted by molar-refractivity contribution is -0.112. The summed E-state index contributed by atoms with van der Waals surface area (Å²) in [4.78, 5) is 12.5. The van der Waals surface area contributed by atoms with Crippen molar-refractivity contribution in [1.29, 1.82) is 5.26 Å². The Hall–Kier alpha value is -2.86. The lowest BCUT2D eigenvalue weighted by atomic mass is 10.0. The van der Waals surface area contributed by atoms with Crippen LogP contribution in [0.4, 0.5) is 5.69 Å². The molecule has 0 aliphatic rings. The van der Waals surface area contributed by atoms with Gasteiger partial charge in [-0.25, -0.2) is 0 Å². The largest absolute Gasteiger partial charge is 0.321 e. The van der Waals surface area contributed by atoms with E-state index in [0.717, 1.165) is 27.9 Å². The number of nitriles is 1. The molecule has 0 heterocycles. The van der Waals surface area contributed by atoms with E-state index in [9.17, 15) is 10.1 Å². The lowest BCUT2D eigenvalue weighted by Crippen LogP contribution is -2.15. The Morgan fingerprint density at radius 3 is 2.12 bits per heavy atom. The number of amides is 1. The second kappa shape index (κ2) is 7.81. The normalized spacial score (nSPS) is 11.3. The molecular weight excluding hydrogens is 308 g/mol. The summed E-state index contributed by atoms with van der Waals surface area (Å²) in [5.74, 6) is 0.0646. The van der Waals surface area contributed by atoms with Gasteiger partial charge < -0.3 is 5.32 Å². The number of nitrogens with zero attached hydrogens (tertiary/aromatic N) is 1. The lowest BCUT2D eigenvalue weighted by Gasteiger charge is -2.12. The van der Waals surface area contributed by atoms with Crippen LogP contribution in [0, 0.1) is 32.1 Å². The quantitative estimate of drug-likeness (QED) is 0.611. The molecular formula is C22H24N2O. The SMILES string of the molecule is Cc1cc(C)c(NC(=O)/C(C#N)=C\c2ccc(C(C)C)cc2)c(C)c1. The maximum Gasteiger partial charge on any atom is 0.266 e. The van der Waals surface area contributed by atoms with Gasteiger partial charge in [-0.3, -0.25) is 4.79 Å². The van der Waals surface area contributed by atoms with Crippen molar-refractivity contribution in [2.45, 2.75) is 40.5 Å². The van der Waals surface area contributed by atoms with E-state index in [1.807, 2.05) is 63.2 Å². The van der Waals surface area contributed by atoms with Crippen molar-refractivity contribution in [1.82, 2.24) is 0 Å². The third-order valence-corrected chi connectivity index (χ3v) is 4.19. The van der Waals surface area contributed by atoms with Crippen LogP contribution in [0.5, 0.6) is 0 Å². The molecule has 0 aromatic heterocycles. The number of benzene rings is 2. The molecule has 25 heavy (non-hydrogen) atoms. The van der Waals surface area contributed by atoms with Crippen LogP contribution >= 0.6 is 0 Å². The molecule has 0 spiro atoms. The molecule has 0 unspecified atom stereocenters. The zero-order chi connectivity index (χ0) is 18.6. The first-order valence-electron chi connectivity index (χ1n) is 8.42. The van der Waals surface area contributed by atoms with Crippen molar-refractivity contribution in [2.75, 3.05) is 5.32 Å². The van der Waals surface area contributed by atoms with Crippen LogP contribution in [0.15, 0.2) is 42.0 Å². The summed E-state index contributed by atoms with van der Waals surface area (Å²) in [5, 5.41) is 12.3. The molecule has 0 saturated carbocycles. The van der Waals surface area contributed by atoms with Gasteiger partial charge in [0.2, 0.25) is 0 Å². The predicted molar refractivity (Wildman–Crippen MR) is 103 cm³/mol. The van der Waals surface area contributed by atoms with Gasteiger partial charge >= 0.3 is 0 Å². The summed E-state index contributed by atoms with van der Waals surface area (Å²) in [5.41, 5.74) is 6.06. The molecule has 3 nitrogen and oxygen atoms in total. The minimum absolute atomic E-state index is 0.0941. The van der Waals surface area contributed by atoms with E-state index in [2.05, 4.69) is 19.2 Å². The summed E-state index contributed by atoms with van der Waals surface area (Å²) in [7, 11) is 0. The van der Waals surface area contributed by atoms with Crippen LogP contribution in [0.1, 0.15) is 47.6 Å². The smallest absolute Gasteiger partial charge is 0.266 e. The first-order valence-corrected chi connectivity index (χ1v) is 8.42. The Morgan fingerprint density at radius 2 is 1.64 bits per heavy atom. The van der Waals surface area contributed by atoms with Gasteiger partial charge in [-0.05, 0) is 55.0 Å². The fourth-order valence-electron chi connectivity index (χ4n) is 2.85. The molecule has 1 amide bonds. The standard InChI is InChI=1S/C22H24N2O/c1-14(2)19-8-6-18(7-9-19)12-20(13-23)22(25)24-21-16(4)10-15(3)11-17(21)5/h6-12,14H,1-5H3,(H,24,25)/b20-12-. The van der Waals surface area contributed by atoms with Gasteiger partial charge in [-0.1, -0.05) is 55.8 Å². The molecule has 2 aromatic carbocycles. The number of hydrogen-bond acceptors (Lipinski definition) is 2. The predicted octanol–water partition coefficient (Wildman–Crippen LogP) is 5.28. The molecule has 0 fully saturated rings. The molecule has 0 bridgehead atoms. The Balaban J connectivity index is 2.26. The number of aryl methyl sites for hydroxylation is 3. The van der Waals surface area contributed by atoms with E-state index in [1.165, 1.54) is 5.56 Å². The van der Waals surface area contributed by atoms with Crippen molar-refractivity contribution >= 4 is 17.7 Å². The van der Waals surface area contributed by atoms with E-state index < -0.39 is 0 Å². The number of carbonyl (C=O) groups excluding carboxylic acids is 1. The molecule has 2 rings (SSSR count). The van der Waals surface area contributed by atoms with Gasteiger partial charge in [0.05, 0.1) is 0 Å². The van der Waals surface area contributed by atoms with E-state index in [-0.39, 0.29) is 11.5 Å². The summed E-state index contributed by atoms with van der Waals surface area (Å²) in [6, 6.07) is 14.0. The highest BCUT2D eigenvalue weighted by atomic mass is 16.1. The van der Waals surface area contributed by atoms with E-state index in [0.29, 0.717) is 5.92 Å². The van der Waals surface area contributed by atoms with Crippen molar-refractivity contribution in [3.8, 4) is 6.07 Å². The number of hydrogen-bond donors (Lipinski definition) is 1. The summed E-state index contributed by atoms with van der Waals surface area (Å²) in [6.45, 7) is 10.2. The van der Waals surface area contributed by atoms with Gasteiger partial charge in [-0.2, -0.15) is 5.26 Å². The van der Waals surface area contributed by atoms with Crippen molar-refractivity contribution in [2.24, 2.45) is 0 Å². The highest BCUT2D eigenvalue weighted by Crippen LogP contribution is 2.23. The van der Waals surface area contributed by atoms with Gasteiger partial charge in [0.15, 0.2) is 0 Å². The average molecular weight is 332 g/mol. The number of anilines is 1. The zero-order valence-corrected chi connectivity index (χ0v) is 15.5. The first kappa shape index (κ1) is 18.5. The summed E-state index contributed by atoms with van der Waals surface area (Å²) >= 11 is 0. The Labute approximate surface area is 150 Å². The fourth-order valence-corrected chi connectivity index (χ4v) is 2.85. The number of carbonyl (C=O) groups is 1. The highest BCUT2D eigenvalue weighted by molar-refractivity contribution is 6.10. The highest BCUT2D eigenvalue weighted by Gasteiger charge is 2.13. The molecule has 1 N–H and O–H groups in total. The molecule has 0 saturated heterocycles. The van der Waals surface area contributed by atoms with Crippen LogP contribution in [-0.2, 0) is 4.79 Å². The minimum atomic E-state index is -0.384. The van der Waals surface area contributed by atoms with Gasteiger partial charge in [0.1, 0.15) is 11.6 Å². The number of nitrogens with one attached hydrogen (secondary N) is 1. The maximum atomic E-state index is 12.5. The van der Waals surface area contributed by atoms with Crippen LogP contribution in [0.2, 0.25) is 0 Å². The van der Waals surface area contributed by atoms with Crippen molar-refractivity contribution in [3.05, 3.63) is 69.8 Å².